The first-order chi connectivity index (χ1) is 12.9. The van der Waals surface area contributed by atoms with Crippen LogP contribution in [0.15, 0.2) is 46.2 Å². The first kappa shape index (κ1) is 19.4. The predicted molar refractivity (Wildman–Crippen MR) is 108 cm³/mol. The van der Waals surface area contributed by atoms with Crippen molar-refractivity contribution in [1.82, 2.24) is 14.8 Å². The average molecular weight is 384 g/mol. The number of Topliss-reactive ketones (excluding diaryl/α,β-unsaturated/α-hetero) is 1. The van der Waals surface area contributed by atoms with E-state index in [1.54, 1.807) is 6.26 Å². The molecule has 3 rings (SSSR count). The normalized spacial score (nSPS) is 11.5. The molecule has 2 heterocycles. The minimum atomic E-state index is 0.113. The fourth-order valence-electron chi connectivity index (χ4n) is 2.94. The molecule has 0 bridgehead atoms. The van der Waals surface area contributed by atoms with Crippen LogP contribution in [0.3, 0.4) is 0 Å². The van der Waals surface area contributed by atoms with E-state index in [4.69, 9.17) is 4.42 Å². The van der Waals surface area contributed by atoms with Gasteiger partial charge in [0.15, 0.2) is 22.5 Å². The summed E-state index contributed by atoms with van der Waals surface area (Å²) in [6.07, 6.45) is 1.61. The second kappa shape index (κ2) is 8.13. The van der Waals surface area contributed by atoms with Gasteiger partial charge in [0.05, 0.1) is 12.0 Å². The van der Waals surface area contributed by atoms with Gasteiger partial charge in [0.2, 0.25) is 0 Å². The number of benzene rings is 1. The van der Waals surface area contributed by atoms with Crippen LogP contribution >= 0.6 is 11.8 Å². The zero-order chi connectivity index (χ0) is 19.6. The van der Waals surface area contributed by atoms with Gasteiger partial charge in [-0.3, -0.25) is 4.79 Å². The molecule has 0 N–H and O–H groups in total. The number of furan rings is 1. The van der Waals surface area contributed by atoms with E-state index in [9.17, 15) is 4.79 Å². The van der Waals surface area contributed by atoms with Gasteiger partial charge >= 0.3 is 0 Å². The van der Waals surface area contributed by atoms with Gasteiger partial charge in [-0.15, -0.1) is 10.2 Å². The van der Waals surface area contributed by atoms with Crippen molar-refractivity contribution in [3.8, 4) is 11.6 Å². The lowest BCUT2D eigenvalue weighted by Crippen LogP contribution is -2.09. The molecule has 5 nitrogen and oxygen atoms in total. The molecule has 1 aromatic carbocycles. The average Bonchev–Trinajstić information content (AvgIpc) is 3.28. The fraction of sp³-hybridized carbons (Fsp3) is 0.381. The standard InChI is InChI=1S/C21H25N3O2S/c1-13(2)15-8-9-16(17(11-15)14(3)4)18(25)12-27-21-23-22-20(24(21)5)19-7-6-10-26-19/h6-11,13-14H,12H2,1-5H3. The van der Waals surface area contributed by atoms with E-state index in [0.29, 0.717) is 34.3 Å². The molecule has 0 unspecified atom stereocenters. The third-order valence-electron chi connectivity index (χ3n) is 4.57. The van der Waals surface area contributed by atoms with Crippen LogP contribution in [0.4, 0.5) is 0 Å². The maximum atomic E-state index is 12.9. The molecule has 0 atom stereocenters. The highest BCUT2D eigenvalue weighted by atomic mass is 32.2. The summed E-state index contributed by atoms with van der Waals surface area (Å²) in [6, 6.07) is 9.86. The van der Waals surface area contributed by atoms with Gasteiger partial charge in [0.25, 0.3) is 0 Å². The number of carbonyl (C=O) groups is 1. The van der Waals surface area contributed by atoms with Crippen LogP contribution in [0, 0.1) is 0 Å². The summed E-state index contributed by atoms with van der Waals surface area (Å²) >= 11 is 1.40. The third-order valence-corrected chi connectivity index (χ3v) is 5.59. The molecule has 0 fully saturated rings. The number of carbonyl (C=O) groups excluding carboxylic acids is 1. The van der Waals surface area contributed by atoms with Crippen molar-refractivity contribution in [3.63, 3.8) is 0 Å². The number of thioether (sulfide) groups is 1. The van der Waals surface area contributed by atoms with Gasteiger partial charge < -0.3 is 8.98 Å². The van der Waals surface area contributed by atoms with Gasteiger partial charge in [0, 0.05) is 12.6 Å². The van der Waals surface area contributed by atoms with Gasteiger partial charge in [-0.1, -0.05) is 57.7 Å². The summed E-state index contributed by atoms with van der Waals surface area (Å²) in [6.45, 7) is 8.59. The topological polar surface area (TPSA) is 60.9 Å². The number of rotatable bonds is 7. The molecule has 0 spiro atoms. The van der Waals surface area contributed by atoms with Gasteiger partial charge in [-0.05, 0) is 35.1 Å². The largest absolute Gasteiger partial charge is 0.461 e. The van der Waals surface area contributed by atoms with Crippen molar-refractivity contribution in [2.24, 2.45) is 7.05 Å². The molecule has 0 aliphatic carbocycles. The molecule has 0 amide bonds. The molecular formula is C21H25N3O2S. The van der Waals surface area contributed by atoms with E-state index in [2.05, 4.69) is 50.0 Å². The highest BCUT2D eigenvalue weighted by molar-refractivity contribution is 7.99. The van der Waals surface area contributed by atoms with Crippen molar-refractivity contribution in [2.45, 2.75) is 44.7 Å². The second-order valence-electron chi connectivity index (χ2n) is 7.21. The van der Waals surface area contributed by atoms with Crippen molar-refractivity contribution in [2.75, 3.05) is 5.75 Å². The molecule has 27 heavy (non-hydrogen) atoms. The van der Waals surface area contributed by atoms with E-state index in [0.717, 1.165) is 11.1 Å². The van der Waals surface area contributed by atoms with Crippen LogP contribution in [0.1, 0.15) is 61.0 Å². The van der Waals surface area contributed by atoms with Crippen molar-refractivity contribution < 1.29 is 9.21 Å². The molecule has 0 radical (unpaired) electrons. The highest BCUT2D eigenvalue weighted by Crippen LogP contribution is 2.28. The lowest BCUT2D eigenvalue weighted by Gasteiger charge is -2.15. The third kappa shape index (κ3) is 4.16. The number of ketones is 1. The van der Waals surface area contributed by atoms with Crippen molar-refractivity contribution >= 4 is 17.5 Å². The molecule has 6 heteroatoms. The monoisotopic (exact) mass is 383 g/mol. The van der Waals surface area contributed by atoms with Gasteiger partial charge in [0.1, 0.15) is 0 Å². The zero-order valence-electron chi connectivity index (χ0n) is 16.4. The Kier molecular flexibility index (Phi) is 5.85. The number of aromatic nitrogens is 3. The zero-order valence-corrected chi connectivity index (χ0v) is 17.2. The Bertz CT molecular complexity index is 927. The first-order valence-electron chi connectivity index (χ1n) is 9.11. The van der Waals surface area contributed by atoms with Crippen molar-refractivity contribution in [1.29, 1.82) is 0 Å². The summed E-state index contributed by atoms with van der Waals surface area (Å²) in [7, 11) is 1.88. The molecule has 0 aliphatic heterocycles. The molecular weight excluding hydrogens is 358 g/mol. The smallest absolute Gasteiger partial charge is 0.200 e. The maximum Gasteiger partial charge on any atom is 0.200 e. The number of nitrogens with zero attached hydrogens (tertiary/aromatic N) is 3. The van der Waals surface area contributed by atoms with Crippen molar-refractivity contribution in [3.05, 3.63) is 53.3 Å². The summed E-state index contributed by atoms with van der Waals surface area (Å²) in [4.78, 5) is 12.9. The van der Waals surface area contributed by atoms with Crippen LogP contribution in [-0.4, -0.2) is 26.3 Å². The van der Waals surface area contributed by atoms with Crippen LogP contribution in [0.5, 0.6) is 0 Å². The number of hydrogen-bond acceptors (Lipinski definition) is 5. The van der Waals surface area contributed by atoms with Gasteiger partial charge in [-0.25, -0.2) is 0 Å². The SMILES string of the molecule is CC(C)c1ccc(C(=O)CSc2nnc(-c3ccco3)n2C)c(C(C)C)c1. The number of hydrogen-bond donors (Lipinski definition) is 0. The summed E-state index contributed by atoms with van der Waals surface area (Å²) in [5.74, 6) is 2.49. The Morgan fingerprint density at radius 1 is 1.15 bits per heavy atom. The molecule has 0 saturated carbocycles. The van der Waals surface area contributed by atoms with Crippen LogP contribution < -0.4 is 0 Å². The second-order valence-corrected chi connectivity index (χ2v) is 8.15. The molecule has 2 aromatic heterocycles. The lowest BCUT2D eigenvalue weighted by atomic mass is 9.90. The molecule has 0 saturated heterocycles. The first-order valence-corrected chi connectivity index (χ1v) is 10.1. The minimum absolute atomic E-state index is 0.113. The van der Waals surface area contributed by atoms with Crippen LogP contribution in [0.2, 0.25) is 0 Å². The maximum absolute atomic E-state index is 12.9. The van der Waals surface area contributed by atoms with E-state index < -0.39 is 0 Å². The molecule has 0 aliphatic rings. The Balaban J connectivity index is 1.77. The lowest BCUT2D eigenvalue weighted by molar-refractivity contribution is 0.102. The Hall–Kier alpha value is -2.34. The Morgan fingerprint density at radius 2 is 1.93 bits per heavy atom. The van der Waals surface area contributed by atoms with E-state index in [1.807, 2.05) is 29.8 Å². The predicted octanol–water partition coefficient (Wildman–Crippen LogP) is 5.30. The Labute approximate surface area is 164 Å². The van der Waals surface area contributed by atoms with Gasteiger partial charge in [-0.2, -0.15) is 0 Å². The Morgan fingerprint density at radius 3 is 2.56 bits per heavy atom. The van der Waals surface area contributed by atoms with E-state index in [-0.39, 0.29) is 5.78 Å². The van der Waals surface area contributed by atoms with Crippen LogP contribution in [0.25, 0.3) is 11.6 Å². The summed E-state index contributed by atoms with van der Waals surface area (Å²) < 4.78 is 7.23. The summed E-state index contributed by atoms with van der Waals surface area (Å²) in [5, 5.41) is 9.06. The summed E-state index contributed by atoms with van der Waals surface area (Å²) in [5.41, 5.74) is 3.18. The highest BCUT2D eigenvalue weighted by Gasteiger charge is 2.18. The van der Waals surface area contributed by atoms with E-state index in [1.165, 1.54) is 17.3 Å². The molecule has 3 aromatic rings. The quantitative estimate of drug-likeness (QED) is 0.409. The van der Waals surface area contributed by atoms with Crippen LogP contribution in [-0.2, 0) is 7.05 Å². The molecule has 142 valence electrons. The van der Waals surface area contributed by atoms with E-state index >= 15 is 0 Å². The minimum Gasteiger partial charge on any atom is -0.461 e. The fourth-order valence-corrected chi connectivity index (χ4v) is 3.74.